The molecule has 2 nitrogen and oxygen atoms in total. The molecule has 1 aliphatic heterocycles. The molecule has 0 aromatic heterocycles. The zero-order chi connectivity index (χ0) is 9.10. The first-order valence-corrected chi connectivity index (χ1v) is 5.64. The third kappa shape index (κ3) is 2.44. The fraction of sp³-hybridized carbons (Fsp3) is 1.00. The maximum atomic E-state index is 5.32. The van der Waals surface area contributed by atoms with Crippen molar-refractivity contribution in [2.75, 3.05) is 20.3 Å². The second-order valence-electron chi connectivity index (χ2n) is 4.51. The van der Waals surface area contributed by atoms with Gasteiger partial charge in [0, 0.05) is 19.1 Å². The van der Waals surface area contributed by atoms with Crippen molar-refractivity contribution in [2.24, 2.45) is 11.8 Å². The maximum Gasteiger partial charge on any atom is 0.0508 e. The summed E-state index contributed by atoms with van der Waals surface area (Å²) in [5.41, 5.74) is 0. The van der Waals surface area contributed by atoms with Crippen LogP contribution in [0.3, 0.4) is 0 Å². The van der Waals surface area contributed by atoms with Gasteiger partial charge >= 0.3 is 0 Å². The van der Waals surface area contributed by atoms with Crippen LogP contribution in [-0.4, -0.2) is 26.3 Å². The second kappa shape index (κ2) is 4.43. The predicted molar refractivity (Wildman–Crippen MR) is 53.7 cm³/mol. The van der Waals surface area contributed by atoms with Gasteiger partial charge in [0.2, 0.25) is 0 Å². The van der Waals surface area contributed by atoms with Crippen LogP contribution in [0.4, 0.5) is 0 Å². The quantitative estimate of drug-likeness (QED) is 0.717. The van der Waals surface area contributed by atoms with Crippen LogP contribution >= 0.6 is 0 Å². The molecule has 0 spiro atoms. The summed E-state index contributed by atoms with van der Waals surface area (Å²) in [4.78, 5) is 0. The van der Waals surface area contributed by atoms with Crippen LogP contribution in [0.2, 0.25) is 0 Å². The Balaban J connectivity index is 1.84. The van der Waals surface area contributed by atoms with Crippen molar-refractivity contribution < 1.29 is 4.74 Å². The molecule has 1 heterocycles. The Morgan fingerprint density at radius 2 is 2.15 bits per heavy atom. The van der Waals surface area contributed by atoms with E-state index in [0.717, 1.165) is 24.5 Å². The smallest absolute Gasteiger partial charge is 0.0508 e. The Morgan fingerprint density at radius 1 is 1.31 bits per heavy atom. The van der Waals surface area contributed by atoms with E-state index in [0.29, 0.717) is 0 Å². The molecular weight excluding hydrogens is 162 g/mol. The Bertz CT molecular complexity index is 150. The molecule has 0 aromatic carbocycles. The van der Waals surface area contributed by atoms with Crippen LogP contribution in [0.1, 0.15) is 32.1 Å². The molecule has 0 bridgehead atoms. The largest absolute Gasteiger partial charge is 0.384 e. The minimum Gasteiger partial charge on any atom is -0.384 e. The van der Waals surface area contributed by atoms with Crippen molar-refractivity contribution in [3.05, 3.63) is 0 Å². The molecule has 2 fully saturated rings. The first kappa shape index (κ1) is 9.47. The molecule has 0 aromatic rings. The normalized spacial score (nSPS) is 31.6. The summed E-state index contributed by atoms with van der Waals surface area (Å²) < 4.78 is 5.32. The SMILES string of the molecule is COCC(C1CC1)C1CCCCN1. The molecule has 2 atom stereocenters. The van der Waals surface area contributed by atoms with Crippen molar-refractivity contribution in [3.8, 4) is 0 Å². The van der Waals surface area contributed by atoms with Crippen LogP contribution < -0.4 is 5.32 Å². The number of methoxy groups -OCH3 is 1. The minimum atomic E-state index is 0.751. The van der Waals surface area contributed by atoms with Crippen molar-refractivity contribution in [1.82, 2.24) is 5.32 Å². The Labute approximate surface area is 81.0 Å². The van der Waals surface area contributed by atoms with Gasteiger partial charge in [-0.3, -0.25) is 0 Å². The Morgan fingerprint density at radius 3 is 2.69 bits per heavy atom. The van der Waals surface area contributed by atoms with E-state index in [4.69, 9.17) is 4.74 Å². The van der Waals surface area contributed by atoms with Gasteiger partial charge in [-0.1, -0.05) is 6.42 Å². The van der Waals surface area contributed by atoms with E-state index < -0.39 is 0 Å². The number of ether oxygens (including phenoxy) is 1. The molecule has 1 aliphatic carbocycles. The highest BCUT2D eigenvalue weighted by molar-refractivity contribution is 4.90. The third-order valence-corrected chi connectivity index (χ3v) is 3.45. The number of piperidine rings is 1. The summed E-state index contributed by atoms with van der Waals surface area (Å²) in [5.74, 6) is 1.76. The molecule has 76 valence electrons. The molecule has 13 heavy (non-hydrogen) atoms. The monoisotopic (exact) mass is 183 g/mol. The molecule has 2 heteroatoms. The minimum absolute atomic E-state index is 0.751. The molecule has 0 radical (unpaired) electrons. The average Bonchev–Trinajstić information content (AvgIpc) is 2.99. The van der Waals surface area contributed by atoms with E-state index in [9.17, 15) is 0 Å². The van der Waals surface area contributed by atoms with Gasteiger partial charge in [0.1, 0.15) is 0 Å². The van der Waals surface area contributed by atoms with Crippen LogP contribution in [0.5, 0.6) is 0 Å². The van der Waals surface area contributed by atoms with E-state index in [1.807, 2.05) is 7.11 Å². The summed E-state index contributed by atoms with van der Waals surface area (Å²) >= 11 is 0. The van der Waals surface area contributed by atoms with Crippen LogP contribution in [0.25, 0.3) is 0 Å². The van der Waals surface area contributed by atoms with Crippen molar-refractivity contribution in [2.45, 2.75) is 38.1 Å². The molecule has 2 unspecified atom stereocenters. The van der Waals surface area contributed by atoms with E-state index in [-0.39, 0.29) is 0 Å². The predicted octanol–water partition coefficient (Wildman–Crippen LogP) is 1.80. The molecular formula is C11H21NO. The van der Waals surface area contributed by atoms with Crippen molar-refractivity contribution >= 4 is 0 Å². The topological polar surface area (TPSA) is 21.3 Å². The molecule has 2 aliphatic rings. The molecule has 1 N–H and O–H groups in total. The summed E-state index contributed by atoms with van der Waals surface area (Å²) in [6, 6.07) is 0.751. The molecule has 2 rings (SSSR count). The van der Waals surface area contributed by atoms with E-state index >= 15 is 0 Å². The summed E-state index contributed by atoms with van der Waals surface area (Å²) in [6.07, 6.45) is 7.01. The number of rotatable bonds is 4. The first-order chi connectivity index (χ1) is 6.42. The second-order valence-corrected chi connectivity index (χ2v) is 4.51. The lowest BCUT2D eigenvalue weighted by Crippen LogP contribution is -2.42. The number of nitrogens with one attached hydrogen (secondary N) is 1. The van der Waals surface area contributed by atoms with Crippen LogP contribution in [0.15, 0.2) is 0 Å². The third-order valence-electron chi connectivity index (χ3n) is 3.45. The lowest BCUT2D eigenvalue weighted by molar-refractivity contribution is 0.110. The highest BCUT2D eigenvalue weighted by atomic mass is 16.5. The zero-order valence-electron chi connectivity index (χ0n) is 8.59. The number of hydrogen-bond acceptors (Lipinski definition) is 2. The van der Waals surface area contributed by atoms with Crippen LogP contribution in [0, 0.1) is 11.8 Å². The summed E-state index contributed by atoms with van der Waals surface area (Å²) in [6.45, 7) is 2.18. The van der Waals surface area contributed by atoms with Crippen molar-refractivity contribution in [3.63, 3.8) is 0 Å². The maximum absolute atomic E-state index is 5.32. The van der Waals surface area contributed by atoms with Gasteiger partial charge in [0.15, 0.2) is 0 Å². The lowest BCUT2D eigenvalue weighted by Gasteiger charge is -2.31. The highest BCUT2D eigenvalue weighted by Crippen LogP contribution is 2.40. The van der Waals surface area contributed by atoms with E-state index in [1.165, 1.54) is 38.6 Å². The van der Waals surface area contributed by atoms with Gasteiger partial charge < -0.3 is 10.1 Å². The van der Waals surface area contributed by atoms with Gasteiger partial charge in [-0.15, -0.1) is 0 Å². The number of hydrogen-bond donors (Lipinski definition) is 1. The summed E-state index contributed by atoms with van der Waals surface area (Å²) in [7, 11) is 1.83. The van der Waals surface area contributed by atoms with Crippen LogP contribution in [-0.2, 0) is 4.74 Å². The lowest BCUT2D eigenvalue weighted by atomic mass is 9.89. The molecule has 0 amide bonds. The zero-order valence-corrected chi connectivity index (χ0v) is 8.59. The first-order valence-electron chi connectivity index (χ1n) is 5.64. The molecule has 1 saturated carbocycles. The van der Waals surface area contributed by atoms with Crippen molar-refractivity contribution in [1.29, 1.82) is 0 Å². The average molecular weight is 183 g/mol. The fourth-order valence-electron chi connectivity index (χ4n) is 2.54. The van der Waals surface area contributed by atoms with Gasteiger partial charge in [0.05, 0.1) is 6.61 Å². The fourth-order valence-corrected chi connectivity index (χ4v) is 2.54. The van der Waals surface area contributed by atoms with Gasteiger partial charge in [-0.2, -0.15) is 0 Å². The Hall–Kier alpha value is -0.0800. The van der Waals surface area contributed by atoms with E-state index in [2.05, 4.69) is 5.32 Å². The highest BCUT2D eigenvalue weighted by Gasteiger charge is 2.36. The molecule has 1 saturated heterocycles. The van der Waals surface area contributed by atoms with Gasteiger partial charge in [0.25, 0.3) is 0 Å². The summed E-state index contributed by atoms with van der Waals surface area (Å²) in [5, 5.41) is 3.65. The van der Waals surface area contributed by atoms with Gasteiger partial charge in [-0.25, -0.2) is 0 Å². The standard InChI is InChI=1S/C11H21NO/c1-13-8-10(9-5-6-9)11-4-2-3-7-12-11/h9-12H,2-8H2,1H3. The van der Waals surface area contributed by atoms with E-state index in [1.54, 1.807) is 0 Å². The Kier molecular flexibility index (Phi) is 3.23. The van der Waals surface area contributed by atoms with Gasteiger partial charge in [-0.05, 0) is 38.1 Å².